The molecule has 0 aliphatic carbocycles. The second-order valence-electron chi connectivity index (χ2n) is 2.95. The lowest BCUT2D eigenvalue weighted by Crippen LogP contribution is -2.44. The Balaban J connectivity index is 2.24. The maximum Gasteiger partial charge on any atom is 0.184 e. The van der Waals surface area contributed by atoms with Gasteiger partial charge in [-0.05, 0) is 0 Å². The van der Waals surface area contributed by atoms with Crippen LogP contribution in [0.3, 0.4) is 0 Å². The van der Waals surface area contributed by atoms with Crippen LogP contribution in [0.4, 0.5) is 0 Å². The third kappa shape index (κ3) is 0.771. The van der Waals surface area contributed by atoms with Crippen molar-refractivity contribution >= 4 is 0 Å². The van der Waals surface area contributed by atoms with Crippen molar-refractivity contribution in [1.29, 1.82) is 0 Å². The van der Waals surface area contributed by atoms with Crippen LogP contribution in [0.2, 0.25) is 0 Å². The molecule has 64 valence electrons. The van der Waals surface area contributed by atoms with Gasteiger partial charge in [-0.15, -0.1) is 0 Å². The number of fused-ring (bicyclic) bond motifs is 2. The molecule has 2 aliphatic heterocycles. The summed E-state index contributed by atoms with van der Waals surface area (Å²) in [6.07, 6.45) is -2.71. The molecule has 0 aromatic rings. The fourth-order valence-corrected chi connectivity index (χ4v) is 1.54. The highest BCUT2D eigenvalue weighted by Crippen LogP contribution is 2.38. The SMILES string of the molecule is OC[C@@]12COC([C@H](O)O1)[C@H]2O. The monoisotopic (exact) mass is 162 g/mol. The minimum atomic E-state index is -1.11. The summed E-state index contributed by atoms with van der Waals surface area (Å²) in [5.41, 5.74) is -1.08. The van der Waals surface area contributed by atoms with Crippen LogP contribution < -0.4 is 0 Å². The zero-order valence-electron chi connectivity index (χ0n) is 5.80. The number of hydrogen-bond acceptors (Lipinski definition) is 5. The lowest BCUT2D eigenvalue weighted by Gasteiger charge is -2.26. The van der Waals surface area contributed by atoms with E-state index in [4.69, 9.17) is 19.7 Å². The van der Waals surface area contributed by atoms with Crippen molar-refractivity contribution in [1.82, 2.24) is 0 Å². The number of ether oxygens (including phenoxy) is 2. The molecule has 1 unspecified atom stereocenters. The van der Waals surface area contributed by atoms with E-state index in [-0.39, 0.29) is 13.2 Å². The molecular weight excluding hydrogens is 152 g/mol. The molecule has 0 spiro atoms. The largest absolute Gasteiger partial charge is 0.393 e. The molecule has 0 aromatic heterocycles. The van der Waals surface area contributed by atoms with E-state index >= 15 is 0 Å². The second-order valence-corrected chi connectivity index (χ2v) is 2.95. The van der Waals surface area contributed by atoms with Crippen LogP contribution in [0.5, 0.6) is 0 Å². The third-order valence-electron chi connectivity index (χ3n) is 2.27. The minimum absolute atomic E-state index is 0.145. The van der Waals surface area contributed by atoms with E-state index in [2.05, 4.69) is 0 Å². The standard InChI is InChI=1S/C6H10O5/c7-1-6-2-10-3(4(6)8)5(9)11-6/h3-5,7-9H,1-2H2/t3?,4-,5-,6+/m1/s1. The van der Waals surface area contributed by atoms with E-state index in [0.717, 1.165) is 0 Å². The average Bonchev–Trinajstić information content (AvgIpc) is 2.42. The summed E-state index contributed by atoms with van der Waals surface area (Å²) in [5, 5.41) is 27.3. The van der Waals surface area contributed by atoms with Crippen LogP contribution in [0.1, 0.15) is 0 Å². The van der Waals surface area contributed by atoms with Gasteiger partial charge >= 0.3 is 0 Å². The number of rotatable bonds is 1. The second kappa shape index (κ2) is 2.15. The highest BCUT2D eigenvalue weighted by molar-refractivity contribution is 5.05. The van der Waals surface area contributed by atoms with Gasteiger partial charge in [-0.1, -0.05) is 0 Å². The number of aliphatic hydroxyl groups excluding tert-OH is 3. The quantitative estimate of drug-likeness (QED) is 0.409. The highest BCUT2D eigenvalue weighted by Gasteiger charge is 2.60. The normalized spacial score (nSPS) is 55.4. The topological polar surface area (TPSA) is 79.2 Å². The van der Waals surface area contributed by atoms with Gasteiger partial charge in [0.05, 0.1) is 13.2 Å². The van der Waals surface area contributed by atoms with E-state index in [9.17, 15) is 5.11 Å². The summed E-state index contributed by atoms with van der Waals surface area (Å²) >= 11 is 0. The van der Waals surface area contributed by atoms with Crippen LogP contribution >= 0.6 is 0 Å². The van der Waals surface area contributed by atoms with Gasteiger partial charge in [0.25, 0.3) is 0 Å². The van der Waals surface area contributed by atoms with Crippen LogP contribution in [0.25, 0.3) is 0 Å². The van der Waals surface area contributed by atoms with E-state index < -0.39 is 24.1 Å². The predicted octanol–water partition coefficient (Wildman–Crippen LogP) is -2.17. The first-order chi connectivity index (χ1) is 5.19. The van der Waals surface area contributed by atoms with Gasteiger partial charge in [0, 0.05) is 0 Å². The Bertz CT molecular complexity index is 172. The fraction of sp³-hybridized carbons (Fsp3) is 1.00. The van der Waals surface area contributed by atoms with Crippen molar-refractivity contribution in [3.63, 3.8) is 0 Å². The lowest BCUT2D eigenvalue weighted by molar-refractivity contribution is -0.231. The summed E-state index contributed by atoms with van der Waals surface area (Å²) < 4.78 is 9.93. The molecule has 11 heavy (non-hydrogen) atoms. The fourth-order valence-electron chi connectivity index (χ4n) is 1.54. The highest BCUT2D eigenvalue weighted by atomic mass is 16.7. The van der Waals surface area contributed by atoms with E-state index in [1.165, 1.54) is 0 Å². The maximum atomic E-state index is 9.38. The van der Waals surface area contributed by atoms with Crippen molar-refractivity contribution in [3.05, 3.63) is 0 Å². The third-order valence-corrected chi connectivity index (χ3v) is 2.27. The molecule has 3 N–H and O–H groups in total. The van der Waals surface area contributed by atoms with E-state index in [0.29, 0.717) is 0 Å². The number of aliphatic hydroxyl groups is 3. The molecule has 0 radical (unpaired) electrons. The average molecular weight is 162 g/mol. The summed E-state index contributed by atoms with van der Waals surface area (Å²) in [5.74, 6) is 0. The molecule has 2 heterocycles. The smallest absolute Gasteiger partial charge is 0.184 e. The van der Waals surface area contributed by atoms with Crippen molar-refractivity contribution in [3.8, 4) is 0 Å². The first-order valence-corrected chi connectivity index (χ1v) is 3.46. The van der Waals surface area contributed by atoms with Gasteiger partial charge in [-0.2, -0.15) is 0 Å². The van der Waals surface area contributed by atoms with Crippen molar-refractivity contribution in [2.75, 3.05) is 13.2 Å². The van der Waals surface area contributed by atoms with Gasteiger partial charge in [0.15, 0.2) is 6.29 Å². The van der Waals surface area contributed by atoms with Crippen LogP contribution in [-0.2, 0) is 9.47 Å². The Labute approximate surface area is 63.2 Å². The Morgan fingerprint density at radius 3 is 2.45 bits per heavy atom. The van der Waals surface area contributed by atoms with Gasteiger partial charge in [0.1, 0.15) is 17.8 Å². The Morgan fingerprint density at radius 1 is 1.45 bits per heavy atom. The summed E-state index contributed by atoms with van der Waals surface area (Å²) in [6, 6.07) is 0. The number of hydrogen-bond donors (Lipinski definition) is 3. The van der Waals surface area contributed by atoms with Gasteiger partial charge in [0.2, 0.25) is 0 Å². The first kappa shape index (κ1) is 7.45. The van der Waals surface area contributed by atoms with Crippen molar-refractivity contribution in [2.24, 2.45) is 0 Å². The zero-order valence-corrected chi connectivity index (χ0v) is 5.80. The summed E-state index contributed by atoms with van der Waals surface area (Å²) in [4.78, 5) is 0. The Morgan fingerprint density at radius 2 is 2.18 bits per heavy atom. The molecule has 2 aliphatic rings. The molecule has 4 atom stereocenters. The molecule has 0 amide bonds. The van der Waals surface area contributed by atoms with E-state index in [1.54, 1.807) is 0 Å². The van der Waals surface area contributed by atoms with Crippen LogP contribution in [0.15, 0.2) is 0 Å². The van der Waals surface area contributed by atoms with Gasteiger partial charge in [-0.3, -0.25) is 0 Å². The molecule has 2 saturated heterocycles. The van der Waals surface area contributed by atoms with E-state index in [1.807, 2.05) is 0 Å². The summed E-state index contributed by atoms with van der Waals surface area (Å²) in [7, 11) is 0. The molecule has 2 fully saturated rings. The molecular formula is C6H10O5. The van der Waals surface area contributed by atoms with Crippen molar-refractivity contribution < 1.29 is 24.8 Å². The Hall–Kier alpha value is -0.200. The first-order valence-electron chi connectivity index (χ1n) is 3.46. The molecule has 5 nitrogen and oxygen atoms in total. The molecule has 0 saturated carbocycles. The summed E-state index contributed by atoms with van der Waals surface area (Å²) in [6.45, 7) is -0.186. The minimum Gasteiger partial charge on any atom is -0.393 e. The maximum absolute atomic E-state index is 9.38. The molecule has 5 heteroatoms. The Kier molecular flexibility index (Phi) is 1.45. The van der Waals surface area contributed by atoms with Crippen molar-refractivity contribution in [2.45, 2.75) is 24.1 Å². The van der Waals surface area contributed by atoms with Gasteiger partial charge in [-0.25, -0.2) is 0 Å². The molecule has 2 bridgehead atoms. The lowest BCUT2D eigenvalue weighted by atomic mass is 10.0. The zero-order chi connectivity index (χ0) is 8.06. The van der Waals surface area contributed by atoms with Crippen LogP contribution in [0, 0.1) is 0 Å². The predicted molar refractivity (Wildman–Crippen MR) is 32.7 cm³/mol. The molecule has 2 rings (SSSR count). The molecule has 0 aromatic carbocycles. The van der Waals surface area contributed by atoms with Gasteiger partial charge < -0.3 is 24.8 Å². The van der Waals surface area contributed by atoms with Crippen LogP contribution in [-0.4, -0.2) is 52.6 Å².